The van der Waals surface area contributed by atoms with Crippen LogP contribution in [0.1, 0.15) is 54.4 Å². The third kappa shape index (κ3) is 4.71. The summed E-state index contributed by atoms with van der Waals surface area (Å²) in [6.45, 7) is 7.22. The molecule has 0 bridgehead atoms. The average molecular weight is 418 g/mol. The van der Waals surface area contributed by atoms with Gasteiger partial charge in [0.25, 0.3) is 0 Å². The van der Waals surface area contributed by atoms with E-state index in [1.54, 1.807) is 0 Å². The molecule has 0 unspecified atom stereocenters. The van der Waals surface area contributed by atoms with Gasteiger partial charge in [-0.2, -0.15) is 5.26 Å². The summed E-state index contributed by atoms with van der Waals surface area (Å²) in [6.07, 6.45) is 5.06. The van der Waals surface area contributed by atoms with E-state index in [9.17, 15) is 10.1 Å². The van der Waals surface area contributed by atoms with E-state index < -0.39 is 0 Å². The van der Waals surface area contributed by atoms with Gasteiger partial charge in [0.2, 0.25) is 5.91 Å². The molecule has 6 heteroatoms. The first-order valence-electron chi connectivity index (χ1n) is 11.4. The summed E-state index contributed by atoms with van der Waals surface area (Å²) in [7, 11) is 0. The van der Waals surface area contributed by atoms with Gasteiger partial charge < -0.3 is 9.80 Å². The van der Waals surface area contributed by atoms with Gasteiger partial charge in [-0.3, -0.25) is 4.79 Å². The highest BCUT2D eigenvalue weighted by Gasteiger charge is 2.32. The second-order valence-electron chi connectivity index (χ2n) is 8.68. The first kappa shape index (κ1) is 21.3. The van der Waals surface area contributed by atoms with Crippen LogP contribution in [-0.2, 0) is 24.1 Å². The summed E-state index contributed by atoms with van der Waals surface area (Å²) >= 11 is 0. The van der Waals surface area contributed by atoms with Crippen LogP contribution >= 0.6 is 0 Å². The van der Waals surface area contributed by atoms with Gasteiger partial charge >= 0.3 is 0 Å². The Bertz CT molecular complexity index is 984. The van der Waals surface area contributed by atoms with Crippen molar-refractivity contribution in [2.75, 3.05) is 31.1 Å². The molecule has 1 saturated carbocycles. The Morgan fingerprint density at radius 2 is 1.97 bits per heavy atom. The van der Waals surface area contributed by atoms with E-state index in [1.165, 1.54) is 17.5 Å². The maximum atomic E-state index is 12.6. The van der Waals surface area contributed by atoms with Crippen LogP contribution in [0.4, 0.5) is 5.82 Å². The summed E-state index contributed by atoms with van der Waals surface area (Å²) in [5.41, 5.74) is 4.65. The Morgan fingerprint density at radius 1 is 1.19 bits per heavy atom. The predicted octanol–water partition coefficient (Wildman–Crippen LogP) is 3.45. The third-order valence-electron chi connectivity index (χ3n) is 6.50. The molecule has 2 aliphatic rings. The molecule has 1 aromatic carbocycles. The van der Waals surface area contributed by atoms with Crippen LogP contribution < -0.4 is 4.90 Å². The molecule has 0 spiro atoms. The molecule has 31 heavy (non-hydrogen) atoms. The number of nitriles is 1. The zero-order valence-electron chi connectivity index (χ0n) is 18.6. The standard InChI is InChI=1S/C25H31N5O/c1-3-22-21(17-19-7-4-6-18(2)16-19)24(28-23(27-22)10-11-26)29-12-14-30(15-13-29)25(31)20-8-5-9-20/h4,6-7,16,20H,3,5,8-10,12-15,17H2,1-2H3. The normalized spacial score (nSPS) is 16.7. The second kappa shape index (κ2) is 9.47. The Kier molecular flexibility index (Phi) is 6.50. The highest BCUT2D eigenvalue weighted by atomic mass is 16.2. The summed E-state index contributed by atoms with van der Waals surface area (Å²) in [4.78, 5) is 26.5. The minimum absolute atomic E-state index is 0.213. The lowest BCUT2D eigenvalue weighted by Gasteiger charge is -2.39. The number of aryl methyl sites for hydroxylation is 2. The Morgan fingerprint density at radius 3 is 2.58 bits per heavy atom. The quantitative estimate of drug-likeness (QED) is 0.720. The number of hydrogen-bond donors (Lipinski definition) is 0. The molecule has 0 atom stereocenters. The number of piperazine rings is 1. The zero-order chi connectivity index (χ0) is 21.8. The van der Waals surface area contributed by atoms with E-state index in [-0.39, 0.29) is 12.3 Å². The van der Waals surface area contributed by atoms with E-state index in [0.29, 0.717) is 11.7 Å². The van der Waals surface area contributed by atoms with E-state index in [2.05, 4.69) is 49.1 Å². The van der Waals surface area contributed by atoms with E-state index in [1.807, 2.05) is 4.90 Å². The fourth-order valence-corrected chi connectivity index (χ4v) is 4.53. The van der Waals surface area contributed by atoms with Crippen LogP contribution in [0.5, 0.6) is 0 Å². The molecule has 1 amide bonds. The molecule has 0 N–H and O–H groups in total. The maximum Gasteiger partial charge on any atom is 0.225 e. The van der Waals surface area contributed by atoms with Crippen LogP contribution in [0.25, 0.3) is 0 Å². The van der Waals surface area contributed by atoms with Crippen molar-refractivity contribution < 1.29 is 4.79 Å². The molecule has 1 aliphatic carbocycles. The number of amides is 1. The van der Waals surface area contributed by atoms with E-state index in [4.69, 9.17) is 9.97 Å². The van der Waals surface area contributed by atoms with Gasteiger partial charge in [-0.25, -0.2) is 9.97 Å². The molecular formula is C25H31N5O. The monoisotopic (exact) mass is 417 g/mol. The number of anilines is 1. The molecule has 1 saturated heterocycles. The van der Waals surface area contributed by atoms with Gasteiger partial charge in [0.1, 0.15) is 11.6 Å². The first-order valence-corrected chi connectivity index (χ1v) is 11.4. The molecule has 2 aromatic rings. The lowest BCUT2D eigenvalue weighted by molar-refractivity contribution is -0.138. The van der Waals surface area contributed by atoms with Gasteiger partial charge in [0.15, 0.2) is 0 Å². The number of hydrogen-bond acceptors (Lipinski definition) is 5. The van der Waals surface area contributed by atoms with Crippen molar-refractivity contribution >= 4 is 11.7 Å². The number of benzene rings is 1. The van der Waals surface area contributed by atoms with Crippen LogP contribution in [0, 0.1) is 24.2 Å². The summed E-state index contributed by atoms with van der Waals surface area (Å²) in [5, 5.41) is 9.21. The fourth-order valence-electron chi connectivity index (χ4n) is 4.53. The van der Waals surface area contributed by atoms with Gasteiger partial charge in [0, 0.05) is 49.8 Å². The van der Waals surface area contributed by atoms with Gasteiger partial charge in [-0.1, -0.05) is 43.2 Å². The van der Waals surface area contributed by atoms with Crippen molar-refractivity contribution in [1.82, 2.24) is 14.9 Å². The molecule has 162 valence electrons. The van der Waals surface area contributed by atoms with Crippen LogP contribution in [0.15, 0.2) is 24.3 Å². The van der Waals surface area contributed by atoms with E-state index >= 15 is 0 Å². The Labute approximate surface area is 184 Å². The van der Waals surface area contributed by atoms with E-state index in [0.717, 1.165) is 68.9 Å². The number of carbonyl (C=O) groups excluding carboxylic acids is 1. The smallest absolute Gasteiger partial charge is 0.225 e. The van der Waals surface area contributed by atoms with Crippen LogP contribution in [-0.4, -0.2) is 47.0 Å². The minimum Gasteiger partial charge on any atom is -0.353 e. The van der Waals surface area contributed by atoms with Crippen molar-refractivity contribution in [3.8, 4) is 6.07 Å². The lowest BCUT2D eigenvalue weighted by atomic mass is 9.84. The van der Waals surface area contributed by atoms with Gasteiger partial charge in [-0.15, -0.1) is 0 Å². The molecule has 2 heterocycles. The molecule has 0 radical (unpaired) electrons. The highest BCUT2D eigenvalue weighted by molar-refractivity contribution is 5.80. The summed E-state index contributed by atoms with van der Waals surface area (Å²) in [6, 6.07) is 10.7. The predicted molar refractivity (Wildman–Crippen MR) is 121 cm³/mol. The summed E-state index contributed by atoms with van der Waals surface area (Å²) < 4.78 is 0. The van der Waals surface area contributed by atoms with Crippen molar-refractivity contribution in [3.63, 3.8) is 0 Å². The van der Waals surface area contributed by atoms with Crippen molar-refractivity contribution in [2.45, 2.75) is 52.4 Å². The molecule has 6 nitrogen and oxygen atoms in total. The van der Waals surface area contributed by atoms with Gasteiger partial charge in [0.05, 0.1) is 12.5 Å². The SMILES string of the molecule is CCc1nc(CC#N)nc(N2CCN(C(=O)C3CCC3)CC2)c1Cc1cccc(C)c1. The van der Waals surface area contributed by atoms with Gasteiger partial charge in [-0.05, 0) is 31.7 Å². The third-order valence-corrected chi connectivity index (χ3v) is 6.50. The molecule has 1 aliphatic heterocycles. The molecule has 1 aromatic heterocycles. The Balaban J connectivity index is 1.61. The molecule has 4 rings (SSSR count). The van der Waals surface area contributed by atoms with Crippen LogP contribution in [0.3, 0.4) is 0 Å². The van der Waals surface area contributed by atoms with Crippen molar-refractivity contribution in [3.05, 3.63) is 52.5 Å². The number of aromatic nitrogens is 2. The average Bonchev–Trinajstić information content (AvgIpc) is 2.73. The highest BCUT2D eigenvalue weighted by Crippen LogP contribution is 2.30. The zero-order valence-corrected chi connectivity index (χ0v) is 18.6. The van der Waals surface area contributed by atoms with Crippen molar-refractivity contribution in [2.24, 2.45) is 5.92 Å². The number of carbonyl (C=O) groups is 1. The van der Waals surface area contributed by atoms with Crippen LogP contribution in [0.2, 0.25) is 0 Å². The summed E-state index contributed by atoms with van der Waals surface area (Å²) in [5.74, 6) is 2.11. The Hall–Kier alpha value is -2.94. The lowest BCUT2D eigenvalue weighted by Crippen LogP contribution is -2.51. The van der Waals surface area contributed by atoms with Crippen molar-refractivity contribution in [1.29, 1.82) is 5.26 Å². The molecule has 2 fully saturated rings. The topological polar surface area (TPSA) is 73.1 Å². The maximum absolute atomic E-state index is 12.6. The minimum atomic E-state index is 0.213. The number of nitrogens with zero attached hydrogens (tertiary/aromatic N) is 5. The fraction of sp³-hybridized carbons (Fsp3) is 0.520. The second-order valence-corrected chi connectivity index (χ2v) is 8.68. The number of rotatable bonds is 6. The first-order chi connectivity index (χ1) is 15.1. The largest absolute Gasteiger partial charge is 0.353 e. The molecular weight excluding hydrogens is 386 g/mol.